The van der Waals surface area contributed by atoms with Gasteiger partial charge in [-0.05, 0) is 57.0 Å². The highest BCUT2D eigenvalue weighted by molar-refractivity contribution is 5.24. The average molecular weight is 250 g/mol. The minimum Gasteiger partial charge on any atom is -0.315 e. The largest absolute Gasteiger partial charge is 0.315 e. The van der Waals surface area contributed by atoms with E-state index < -0.39 is 0 Å². The van der Waals surface area contributed by atoms with Crippen LogP contribution in [0.2, 0.25) is 0 Å². The predicted octanol–water partition coefficient (Wildman–Crippen LogP) is 2.36. The van der Waals surface area contributed by atoms with Gasteiger partial charge in [0.05, 0.1) is 0 Å². The Morgan fingerprint density at radius 1 is 1.44 bits per heavy atom. The van der Waals surface area contributed by atoms with Gasteiger partial charge in [0, 0.05) is 19.1 Å². The number of nitrogens with one attached hydrogen (secondary N) is 1. The van der Waals surface area contributed by atoms with Gasteiger partial charge in [-0.1, -0.05) is 12.1 Å². The standard InChI is InChI=1S/C15H23FN2/c1-12-10-13(5-6-15(12)16)7-9-18(2)14-4-3-8-17-11-14/h5-6,10,14,17H,3-4,7-9,11H2,1-2H3. The number of piperidine rings is 1. The highest BCUT2D eigenvalue weighted by atomic mass is 19.1. The Labute approximate surface area is 109 Å². The van der Waals surface area contributed by atoms with Crippen LogP contribution in [-0.4, -0.2) is 37.6 Å². The van der Waals surface area contributed by atoms with E-state index in [1.807, 2.05) is 19.1 Å². The van der Waals surface area contributed by atoms with E-state index in [1.54, 1.807) is 6.07 Å². The molecule has 2 nitrogen and oxygen atoms in total. The smallest absolute Gasteiger partial charge is 0.126 e. The molecule has 0 amide bonds. The molecule has 0 saturated carbocycles. The summed E-state index contributed by atoms with van der Waals surface area (Å²) in [7, 11) is 2.19. The van der Waals surface area contributed by atoms with Crippen molar-refractivity contribution in [3.8, 4) is 0 Å². The summed E-state index contributed by atoms with van der Waals surface area (Å²) in [6.45, 7) is 5.12. The van der Waals surface area contributed by atoms with Crippen LogP contribution >= 0.6 is 0 Å². The summed E-state index contributed by atoms with van der Waals surface area (Å²) in [6, 6.07) is 6.09. The lowest BCUT2D eigenvalue weighted by Gasteiger charge is -2.31. The number of hydrogen-bond donors (Lipinski definition) is 1. The first-order valence-corrected chi connectivity index (χ1v) is 6.83. The van der Waals surface area contributed by atoms with Crippen LogP contribution in [0.4, 0.5) is 4.39 Å². The summed E-state index contributed by atoms with van der Waals surface area (Å²) in [5.74, 6) is -0.108. The first kappa shape index (κ1) is 13.5. The molecule has 1 aromatic rings. The molecule has 0 aliphatic carbocycles. The highest BCUT2D eigenvalue weighted by Gasteiger charge is 2.17. The molecule has 0 radical (unpaired) electrons. The van der Waals surface area contributed by atoms with Gasteiger partial charge in [-0.15, -0.1) is 0 Å². The van der Waals surface area contributed by atoms with Gasteiger partial charge in [0.15, 0.2) is 0 Å². The minimum absolute atomic E-state index is 0.108. The summed E-state index contributed by atoms with van der Waals surface area (Å²) in [5.41, 5.74) is 1.97. The number of likely N-dealkylation sites (N-methyl/N-ethyl adjacent to an activating group) is 1. The fourth-order valence-electron chi connectivity index (χ4n) is 2.56. The number of rotatable bonds is 4. The van der Waals surface area contributed by atoms with Crippen molar-refractivity contribution in [3.63, 3.8) is 0 Å². The van der Waals surface area contributed by atoms with Crippen LogP contribution in [0.5, 0.6) is 0 Å². The molecule has 1 unspecified atom stereocenters. The van der Waals surface area contributed by atoms with Gasteiger partial charge < -0.3 is 10.2 Å². The van der Waals surface area contributed by atoms with Crippen molar-refractivity contribution < 1.29 is 4.39 Å². The van der Waals surface area contributed by atoms with Crippen molar-refractivity contribution in [1.29, 1.82) is 0 Å². The fourth-order valence-corrected chi connectivity index (χ4v) is 2.56. The van der Waals surface area contributed by atoms with Gasteiger partial charge >= 0.3 is 0 Å². The third-order valence-corrected chi connectivity index (χ3v) is 3.87. The van der Waals surface area contributed by atoms with Gasteiger partial charge in [-0.25, -0.2) is 4.39 Å². The van der Waals surface area contributed by atoms with Crippen molar-refractivity contribution >= 4 is 0 Å². The van der Waals surface area contributed by atoms with Crippen LogP contribution in [0, 0.1) is 12.7 Å². The second-order valence-corrected chi connectivity index (χ2v) is 5.31. The molecule has 0 aromatic heterocycles. The topological polar surface area (TPSA) is 15.3 Å². The normalized spacial score (nSPS) is 20.3. The van der Waals surface area contributed by atoms with Gasteiger partial charge in [-0.2, -0.15) is 0 Å². The van der Waals surface area contributed by atoms with E-state index in [0.717, 1.165) is 31.6 Å². The first-order chi connectivity index (χ1) is 8.66. The Balaban J connectivity index is 1.84. The summed E-state index contributed by atoms with van der Waals surface area (Å²) in [6.07, 6.45) is 3.55. The predicted molar refractivity (Wildman–Crippen MR) is 73.4 cm³/mol. The maximum absolute atomic E-state index is 13.2. The first-order valence-electron chi connectivity index (χ1n) is 6.83. The van der Waals surface area contributed by atoms with E-state index >= 15 is 0 Å². The molecular weight excluding hydrogens is 227 g/mol. The number of hydrogen-bond acceptors (Lipinski definition) is 2. The van der Waals surface area contributed by atoms with Crippen molar-refractivity contribution in [2.24, 2.45) is 0 Å². The zero-order chi connectivity index (χ0) is 13.0. The van der Waals surface area contributed by atoms with E-state index in [1.165, 1.54) is 18.4 Å². The van der Waals surface area contributed by atoms with E-state index in [0.29, 0.717) is 6.04 Å². The van der Waals surface area contributed by atoms with Crippen LogP contribution in [0.15, 0.2) is 18.2 Å². The van der Waals surface area contributed by atoms with Crippen molar-refractivity contribution in [2.75, 3.05) is 26.7 Å². The van der Waals surface area contributed by atoms with Crippen LogP contribution < -0.4 is 5.32 Å². The Kier molecular flexibility index (Phi) is 4.72. The molecule has 1 aromatic carbocycles. The lowest BCUT2D eigenvalue weighted by atomic mass is 10.0. The van der Waals surface area contributed by atoms with E-state index in [9.17, 15) is 4.39 Å². The number of nitrogens with zero attached hydrogens (tertiary/aromatic N) is 1. The van der Waals surface area contributed by atoms with Crippen LogP contribution in [0.25, 0.3) is 0 Å². The molecule has 1 N–H and O–H groups in total. The Bertz CT molecular complexity index is 386. The van der Waals surface area contributed by atoms with Crippen molar-refractivity contribution in [3.05, 3.63) is 35.1 Å². The molecule has 3 heteroatoms. The SMILES string of the molecule is Cc1cc(CCN(C)C2CCCNC2)ccc1F. The zero-order valence-electron chi connectivity index (χ0n) is 11.4. The Hall–Kier alpha value is -0.930. The molecule has 2 rings (SSSR count). The summed E-state index contributed by atoms with van der Waals surface area (Å²) in [4.78, 5) is 2.42. The van der Waals surface area contributed by atoms with Crippen LogP contribution in [-0.2, 0) is 6.42 Å². The molecule has 18 heavy (non-hydrogen) atoms. The number of benzene rings is 1. The third-order valence-electron chi connectivity index (χ3n) is 3.87. The summed E-state index contributed by atoms with van der Waals surface area (Å²) < 4.78 is 13.2. The van der Waals surface area contributed by atoms with E-state index in [-0.39, 0.29) is 5.82 Å². The Morgan fingerprint density at radius 2 is 2.28 bits per heavy atom. The van der Waals surface area contributed by atoms with Crippen molar-refractivity contribution in [1.82, 2.24) is 10.2 Å². The highest BCUT2D eigenvalue weighted by Crippen LogP contribution is 2.12. The molecule has 1 aliphatic heterocycles. The molecule has 0 spiro atoms. The monoisotopic (exact) mass is 250 g/mol. The van der Waals surface area contributed by atoms with Gasteiger partial charge in [0.25, 0.3) is 0 Å². The molecule has 0 bridgehead atoms. The quantitative estimate of drug-likeness (QED) is 0.882. The second-order valence-electron chi connectivity index (χ2n) is 5.31. The van der Waals surface area contributed by atoms with E-state index in [2.05, 4.69) is 17.3 Å². The fraction of sp³-hybridized carbons (Fsp3) is 0.600. The van der Waals surface area contributed by atoms with Crippen LogP contribution in [0.1, 0.15) is 24.0 Å². The molecule has 1 saturated heterocycles. The summed E-state index contributed by atoms with van der Waals surface area (Å²) in [5, 5.41) is 3.44. The Morgan fingerprint density at radius 3 is 2.94 bits per heavy atom. The van der Waals surface area contributed by atoms with Crippen LogP contribution in [0.3, 0.4) is 0 Å². The molecule has 1 heterocycles. The maximum atomic E-state index is 13.2. The van der Waals surface area contributed by atoms with Gasteiger partial charge in [0.1, 0.15) is 5.82 Å². The van der Waals surface area contributed by atoms with Crippen molar-refractivity contribution in [2.45, 2.75) is 32.2 Å². The molecule has 1 fully saturated rings. The number of aryl methyl sites for hydroxylation is 1. The molecular formula is C15H23FN2. The third kappa shape index (κ3) is 3.53. The molecule has 1 atom stereocenters. The lowest BCUT2D eigenvalue weighted by molar-refractivity contribution is 0.205. The van der Waals surface area contributed by atoms with Gasteiger partial charge in [0.2, 0.25) is 0 Å². The second kappa shape index (κ2) is 6.30. The lowest BCUT2D eigenvalue weighted by Crippen LogP contribution is -2.44. The maximum Gasteiger partial charge on any atom is 0.126 e. The van der Waals surface area contributed by atoms with Gasteiger partial charge in [-0.3, -0.25) is 0 Å². The number of halogens is 1. The zero-order valence-corrected chi connectivity index (χ0v) is 11.4. The molecule has 1 aliphatic rings. The summed E-state index contributed by atoms with van der Waals surface area (Å²) >= 11 is 0. The molecule has 100 valence electrons. The minimum atomic E-state index is -0.108. The average Bonchev–Trinajstić information content (AvgIpc) is 2.41. The van der Waals surface area contributed by atoms with E-state index in [4.69, 9.17) is 0 Å².